The minimum absolute atomic E-state index is 0.0233. The fourth-order valence-corrected chi connectivity index (χ4v) is 3.73. The van der Waals surface area contributed by atoms with Crippen molar-refractivity contribution in [1.82, 2.24) is 20.3 Å². The summed E-state index contributed by atoms with van der Waals surface area (Å²) in [6.07, 6.45) is 2.64. The number of nitrogens with zero attached hydrogens (tertiary/aromatic N) is 2. The van der Waals surface area contributed by atoms with Gasteiger partial charge in [0.15, 0.2) is 0 Å². The van der Waals surface area contributed by atoms with E-state index >= 15 is 0 Å². The molecule has 2 N–H and O–H groups in total. The van der Waals surface area contributed by atoms with Crippen LogP contribution in [0.15, 0.2) is 48.4 Å². The molecule has 12 nitrogen and oxygen atoms in total. The van der Waals surface area contributed by atoms with Gasteiger partial charge in [-0.3, -0.25) is 4.79 Å². The Hall–Kier alpha value is -4.45. The van der Waals surface area contributed by atoms with E-state index in [1.54, 1.807) is 41.0 Å². The van der Waals surface area contributed by atoms with E-state index in [1.807, 2.05) is 30.3 Å². The maximum atomic E-state index is 12.6. The zero-order valence-electron chi connectivity index (χ0n) is 24.1. The lowest BCUT2D eigenvalue weighted by molar-refractivity contribution is -0.150. The summed E-state index contributed by atoms with van der Waals surface area (Å²) >= 11 is 0. The van der Waals surface area contributed by atoms with Crippen LogP contribution in [0.2, 0.25) is 0 Å². The van der Waals surface area contributed by atoms with E-state index in [0.717, 1.165) is 10.9 Å². The van der Waals surface area contributed by atoms with Crippen molar-refractivity contribution in [3.8, 4) is 17.1 Å². The molecule has 220 valence electrons. The molecule has 1 aromatic carbocycles. The van der Waals surface area contributed by atoms with Gasteiger partial charge < -0.3 is 34.0 Å². The molecule has 0 saturated heterocycles. The summed E-state index contributed by atoms with van der Waals surface area (Å²) < 4.78 is 26.6. The number of imidazole rings is 1. The molecule has 12 heteroatoms. The Morgan fingerprint density at radius 1 is 1.17 bits per heavy atom. The molecule has 1 atom stereocenters. The zero-order valence-corrected chi connectivity index (χ0v) is 24.1. The lowest BCUT2D eigenvalue weighted by Crippen LogP contribution is -2.37. The SMILES string of the molecule is CCOC(=O)/C(=C/CCOC[C@H](NC(=O)OC(C)(C)C)c1ncc(-c2cc3ccccc3nc2OC)[nH]1)OC(C)=O. The Labute approximate surface area is 238 Å². The summed E-state index contributed by atoms with van der Waals surface area (Å²) in [6.45, 7) is 8.44. The number of ether oxygens (including phenoxy) is 5. The number of aromatic nitrogens is 3. The quantitative estimate of drug-likeness (QED) is 0.104. The molecule has 2 heterocycles. The topological polar surface area (TPSA) is 151 Å². The van der Waals surface area contributed by atoms with Crippen molar-refractivity contribution in [3.05, 3.63) is 54.2 Å². The summed E-state index contributed by atoms with van der Waals surface area (Å²) in [5, 5.41) is 3.71. The lowest BCUT2D eigenvalue weighted by atomic mass is 10.1. The average Bonchev–Trinajstić information content (AvgIpc) is 3.39. The number of nitrogens with one attached hydrogen (secondary N) is 2. The molecule has 0 spiro atoms. The van der Waals surface area contributed by atoms with E-state index in [4.69, 9.17) is 23.7 Å². The van der Waals surface area contributed by atoms with Crippen LogP contribution in [-0.4, -0.2) is 65.5 Å². The molecule has 0 aliphatic heterocycles. The number of alkyl carbamates (subject to hydrolysis) is 1. The van der Waals surface area contributed by atoms with Crippen LogP contribution >= 0.6 is 0 Å². The number of aromatic amines is 1. The van der Waals surface area contributed by atoms with Crippen LogP contribution in [0.5, 0.6) is 5.88 Å². The third kappa shape index (κ3) is 9.31. The predicted octanol–water partition coefficient (Wildman–Crippen LogP) is 4.62. The molecule has 0 saturated carbocycles. The first-order chi connectivity index (χ1) is 19.5. The molecule has 0 aliphatic carbocycles. The molecule has 0 fully saturated rings. The van der Waals surface area contributed by atoms with E-state index in [-0.39, 0.29) is 32.0 Å². The number of fused-ring (bicyclic) bond motifs is 1. The highest BCUT2D eigenvalue weighted by Gasteiger charge is 2.24. The second-order valence-electron chi connectivity index (χ2n) is 9.86. The highest BCUT2D eigenvalue weighted by atomic mass is 16.6. The molecule has 3 rings (SSSR count). The molecule has 1 amide bonds. The van der Waals surface area contributed by atoms with E-state index in [2.05, 4.69) is 20.3 Å². The molecule has 0 bridgehead atoms. The van der Waals surface area contributed by atoms with Gasteiger partial charge in [-0.15, -0.1) is 0 Å². The van der Waals surface area contributed by atoms with Crippen LogP contribution < -0.4 is 10.1 Å². The standard InChI is InChI=1S/C29H36N4O8/c1-7-39-27(35)24(40-18(2)34)13-10-14-38-17-23(33-28(36)41-29(3,4)5)25-30-16-22(31-25)20-15-19-11-8-9-12-21(19)32-26(20)37-6/h8-9,11-13,15-16,23H,7,10,14,17H2,1-6H3,(H,30,31)(H,33,36)/b24-13-/t23-/m0/s1. The van der Waals surface area contributed by atoms with Gasteiger partial charge in [0.05, 0.1) is 49.9 Å². The van der Waals surface area contributed by atoms with Gasteiger partial charge >= 0.3 is 18.0 Å². The molecular weight excluding hydrogens is 532 g/mol. The van der Waals surface area contributed by atoms with Crippen molar-refractivity contribution < 1.29 is 38.1 Å². The Bertz CT molecular complexity index is 1390. The normalized spacial score (nSPS) is 12.5. The van der Waals surface area contributed by atoms with E-state index in [9.17, 15) is 14.4 Å². The van der Waals surface area contributed by atoms with Crippen LogP contribution in [0.3, 0.4) is 0 Å². The van der Waals surface area contributed by atoms with Gasteiger partial charge in [-0.2, -0.15) is 0 Å². The second-order valence-corrected chi connectivity index (χ2v) is 9.86. The van der Waals surface area contributed by atoms with Gasteiger partial charge in [-0.25, -0.2) is 19.6 Å². The highest BCUT2D eigenvalue weighted by Crippen LogP contribution is 2.31. The highest BCUT2D eigenvalue weighted by molar-refractivity contribution is 5.89. The second kappa shape index (κ2) is 14.3. The van der Waals surface area contributed by atoms with E-state index < -0.39 is 29.7 Å². The summed E-state index contributed by atoms with van der Waals surface area (Å²) in [5.41, 5.74) is 1.41. The van der Waals surface area contributed by atoms with Crippen molar-refractivity contribution in [1.29, 1.82) is 0 Å². The Kier molecular flexibility index (Phi) is 10.8. The average molecular weight is 569 g/mol. The number of hydrogen-bond donors (Lipinski definition) is 2. The minimum atomic E-state index is -0.742. The van der Waals surface area contributed by atoms with Gasteiger partial charge in [0.1, 0.15) is 17.5 Å². The number of benzene rings is 1. The van der Waals surface area contributed by atoms with Crippen LogP contribution in [0.1, 0.15) is 52.9 Å². The third-order valence-electron chi connectivity index (χ3n) is 5.40. The first-order valence-electron chi connectivity index (χ1n) is 13.1. The summed E-state index contributed by atoms with van der Waals surface area (Å²) in [7, 11) is 1.54. The number of pyridine rings is 1. The smallest absolute Gasteiger partial charge is 0.408 e. The number of esters is 2. The Balaban J connectivity index is 1.78. The molecule has 0 aliphatic rings. The molecule has 2 aromatic heterocycles. The van der Waals surface area contributed by atoms with Crippen LogP contribution in [0.25, 0.3) is 22.2 Å². The van der Waals surface area contributed by atoms with Gasteiger partial charge in [0, 0.05) is 12.3 Å². The maximum Gasteiger partial charge on any atom is 0.408 e. The molecule has 41 heavy (non-hydrogen) atoms. The summed E-state index contributed by atoms with van der Waals surface area (Å²) in [5.74, 6) is -0.750. The molecule has 0 radical (unpaired) electrons. The van der Waals surface area contributed by atoms with Crippen molar-refractivity contribution >= 4 is 28.9 Å². The fraction of sp³-hybridized carbons (Fsp3) is 0.414. The van der Waals surface area contributed by atoms with Crippen LogP contribution in [0, 0.1) is 0 Å². The van der Waals surface area contributed by atoms with Crippen molar-refractivity contribution in [2.45, 2.75) is 52.7 Å². The number of rotatable bonds is 12. The van der Waals surface area contributed by atoms with Crippen molar-refractivity contribution in [2.75, 3.05) is 26.9 Å². The number of hydrogen-bond acceptors (Lipinski definition) is 10. The number of H-pyrrole nitrogens is 1. The Morgan fingerprint density at radius 2 is 1.93 bits per heavy atom. The Morgan fingerprint density at radius 3 is 2.61 bits per heavy atom. The van der Waals surface area contributed by atoms with Crippen molar-refractivity contribution in [3.63, 3.8) is 0 Å². The lowest BCUT2D eigenvalue weighted by Gasteiger charge is -2.23. The van der Waals surface area contributed by atoms with Crippen molar-refractivity contribution in [2.24, 2.45) is 0 Å². The third-order valence-corrected chi connectivity index (χ3v) is 5.40. The number of para-hydroxylation sites is 1. The van der Waals surface area contributed by atoms with Crippen LogP contribution in [0.4, 0.5) is 4.79 Å². The summed E-state index contributed by atoms with van der Waals surface area (Å²) in [6, 6.07) is 8.91. The van der Waals surface area contributed by atoms with E-state index in [0.29, 0.717) is 23.0 Å². The number of amides is 1. The largest absolute Gasteiger partial charge is 0.480 e. The van der Waals surface area contributed by atoms with Gasteiger partial charge in [0.2, 0.25) is 11.6 Å². The number of carbonyl (C=O) groups is 3. The first-order valence-corrected chi connectivity index (χ1v) is 13.1. The minimum Gasteiger partial charge on any atom is -0.480 e. The van der Waals surface area contributed by atoms with Gasteiger partial charge in [-0.05, 0) is 52.3 Å². The van der Waals surface area contributed by atoms with Gasteiger partial charge in [-0.1, -0.05) is 18.2 Å². The summed E-state index contributed by atoms with van der Waals surface area (Å²) in [4.78, 5) is 48.3. The maximum absolute atomic E-state index is 12.6. The van der Waals surface area contributed by atoms with E-state index in [1.165, 1.54) is 13.0 Å². The fourth-order valence-electron chi connectivity index (χ4n) is 3.73. The molecule has 3 aromatic rings. The van der Waals surface area contributed by atoms with Crippen LogP contribution in [-0.2, 0) is 28.5 Å². The molecular formula is C29H36N4O8. The van der Waals surface area contributed by atoms with Gasteiger partial charge in [0.25, 0.3) is 0 Å². The number of carbonyl (C=O) groups excluding carboxylic acids is 3. The monoisotopic (exact) mass is 568 g/mol. The zero-order chi connectivity index (χ0) is 30.0. The number of methoxy groups -OCH3 is 1. The first kappa shape index (κ1) is 31.1. The predicted molar refractivity (Wildman–Crippen MR) is 150 cm³/mol. The molecule has 0 unspecified atom stereocenters.